The van der Waals surface area contributed by atoms with Crippen molar-refractivity contribution in [3.8, 4) is 21.6 Å². The summed E-state index contributed by atoms with van der Waals surface area (Å²) in [5.41, 5.74) is 6.00. The normalized spacial score (nSPS) is 16.1. The fourth-order valence-corrected chi connectivity index (χ4v) is 7.16. The lowest BCUT2D eigenvalue weighted by Gasteiger charge is -2.23. The van der Waals surface area contributed by atoms with E-state index in [9.17, 15) is 14.4 Å². The molecule has 0 saturated heterocycles. The zero-order chi connectivity index (χ0) is 32.7. The molecule has 3 aromatic carbocycles. The number of ketones is 2. The van der Waals surface area contributed by atoms with E-state index in [4.69, 9.17) is 11.6 Å². The Morgan fingerprint density at radius 3 is 2.47 bits per heavy atom. The smallest absolute Gasteiger partial charge is 0.246 e. The van der Waals surface area contributed by atoms with Gasteiger partial charge in [-0.1, -0.05) is 97.5 Å². The Hall–Kier alpha value is -5.32. The molecule has 0 spiro atoms. The van der Waals surface area contributed by atoms with E-state index in [1.807, 2.05) is 80.6 Å². The molecule has 1 amide bonds. The summed E-state index contributed by atoms with van der Waals surface area (Å²) in [6.45, 7) is 3.99. The van der Waals surface area contributed by atoms with Crippen LogP contribution in [0.25, 0.3) is 44.9 Å². The van der Waals surface area contributed by atoms with Gasteiger partial charge in [-0.25, -0.2) is 19.9 Å². The Morgan fingerprint density at radius 2 is 1.66 bits per heavy atom. The van der Waals surface area contributed by atoms with Gasteiger partial charge in [-0.3, -0.25) is 14.4 Å². The minimum atomic E-state index is -0.205. The molecule has 6 aromatic rings. The number of imidazole rings is 1. The first-order valence-corrected chi connectivity index (χ1v) is 16.1. The number of halogens is 1. The van der Waals surface area contributed by atoms with Crippen molar-refractivity contribution in [2.45, 2.75) is 26.3 Å². The maximum Gasteiger partial charge on any atom is 0.246 e. The monoisotopic (exact) mass is 658 g/mol. The summed E-state index contributed by atoms with van der Waals surface area (Å²) in [5.74, 6) is -0.129. The summed E-state index contributed by atoms with van der Waals surface area (Å²) in [4.78, 5) is 54.2. The van der Waals surface area contributed by atoms with Crippen LogP contribution in [0.1, 0.15) is 35.7 Å². The van der Waals surface area contributed by atoms with E-state index >= 15 is 0 Å². The topological polar surface area (TPSA) is 120 Å². The van der Waals surface area contributed by atoms with Crippen molar-refractivity contribution in [3.05, 3.63) is 112 Å². The number of nitrogens with one attached hydrogen (secondary N) is 1. The summed E-state index contributed by atoms with van der Waals surface area (Å²) in [6, 6.07) is 19.3. The van der Waals surface area contributed by atoms with Crippen LogP contribution in [-0.4, -0.2) is 42.0 Å². The first-order chi connectivity index (χ1) is 22.8. The van der Waals surface area contributed by atoms with E-state index in [1.54, 1.807) is 29.4 Å². The lowest BCUT2D eigenvalue weighted by atomic mass is 9.79. The zero-order valence-electron chi connectivity index (χ0n) is 25.3. The quantitative estimate of drug-likeness (QED) is 0.259. The molecule has 2 aliphatic carbocycles. The number of hydrogen-bond acceptors (Lipinski definition) is 8. The highest BCUT2D eigenvalue weighted by atomic mass is 35.5. The molecule has 1 N–H and O–H groups in total. The Morgan fingerprint density at radius 1 is 0.894 bits per heavy atom. The van der Waals surface area contributed by atoms with E-state index in [0.717, 1.165) is 43.1 Å². The van der Waals surface area contributed by atoms with Gasteiger partial charge in [-0.05, 0) is 39.3 Å². The second-order valence-electron chi connectivity index (χ2n) is 11.3. The van der Waals surface area contributed by atoms with Gasteiger partial charge in [0.25, 0.3) is 0 Å². The Kier molecular flexibility index (Phi) is 8.05. The van der Waals surface area contributed by atoms with Crippen LogP contribution in [0, 0.1) is 5.92 Å². The first kappa shape index (κ1) is 30.3. The van der Waals surface area contributed by atoms with Crippen molar-refractivity contribution in [2.75, 3.05) is 5.32 Å². The molecule has 232 valence electrons. The van der Waals surface area contributed by atoms with Gasteiger partial charge in [-0.2, -0.15) is 0 Å². The van der Waals surface area contributed by atoms with E-state index in [-0.39, 0.29) is 35.9 Å². The minimum Gasteiger partial charge on any atom is -0.318 e. The van der Waals surface area contributed by atoms with Crippen LogP contribution in [0.3, 0.4) is 0 Å². The summed E-state index contributed by atoms with van der Waals surface area (Å²) >= 11 is 7.56. The predicted molar refractivity (Wildman–Crippen MR) is 183 cm³/mol. The molecule has 0 aliphatic heterocycles. The van der Waals surface area contributed by atoms with Crippen LogP contribution in [0.2, 0.25) is 5.02 Å². The number of aromatic nitrogens is 5. The average molecular weight is 659 g/mol. The van der Waals surface area contributed by atoms with Crippen molar-refractivity contribution in [2.24, 2.45) is 5.92 Å². The van der Waals surface area contributed by atoms with Gasteiger partial charge in [0.15, 0.2) is 16.6 Å². The van der Waals surface area contributed by atoms with Crippen molar-refractivity contribution in [1.82, 2.24) is 24.5 Å². The molecule has 3 aromatic heterocycles. The fourth-order valence-electron chi connectivity index (χ4n) is 5.99. The highest BCUT2D eigenvalue weighted by Crippen LogP contribution is 2.34. The van der Waals surface area contributed by atoms with Gasteiger partial charge < -0.3 is 9.88 Å². The highest BCUT2D eigenvalue weighted by molar-refractivity contribution is 7.19. The lowest BCUT2D eigenvalue weighted by Crippen LogP contribution is -2.40. The standard InChI is InChI=1S/C20H16O2.C16H11ClN6OS/c1-11-9-17-13(12(2)20(11)22)7-8-15-14-5-3-4-6-16(14)19(21)10-18(15)17;17-11-4-2-1-3-10(11)13-6-19-16(25-13)22-14(24)7-23-9-21-15-12(23)5-18-8-20-15/h3-12H,1-2H3;1-6,8-9H,7H2,(H,19,22,24). The van der Waals surface area contributed by atoms with Crippen molar-refractivity contribution in [1.29, 1.82) is 0 Å². The SMILES string of the molecule is CC1C=c2c(ccc3c2=CC(=O)c2ccccc2-3)C(C)C1=O.O=C(Cn1cnc2ncncc21)Nc1ncc(-c2ccccc2Cl)s1. The number of benzene rings is 3. The van der Waals surface area contributed by atoms with Gasteiger partial charge in [-0.15, -0.1) is 0 Å². The molecule has 0 radical (unpaired) electrons. The molecule has 0 fully saturated rings. The highest BCUT2D eigenvalue weighted by Gasteiger charge is 2.27. The van der Waals surface area contributed by atoms with E-state index < -0.39 is 0 Å². The van der Waals surface area contributed by atoms with Gasteiger partial charge in [0.2, 0.25) is 5.91 Å². The molecular weight excluding hydrogens is 632 g/mol. The molecule has 2 atom stereocenters. The molecule has 0 bridgehead atoms. The van der Waals surface area contributed by atoms with Gasteiger partial charge >= 0.3 is 0 Å². The third kappa shape index (κ3) is 5.77. The predicted octanol–water partition coefficient (Wildman–Crippen LogP) is 5.68. The maximum atomic E-state index is 12.4. The Bertz CT molecular complexity index is 2350. The summed E-state index contributed by atoms with van der Waals surface area (Å²) < 4.78 is 1.69. The van der Waals surface area contributed by atoms with Crippen molar-refractivity contribution in [3.63, 3.8) is 0 Å². The Balaban J connectivity index is 0.000000151. The van der Waals surface area contributed by atoms with Crippen LogP contribution in [0.5, 0.6) is 0 Å². The van der Waals surface area contributed by atoms with Gasteiger partial charge in [0, 0.05) is 34.2 Å². The number of thiazole rings is 1. The minimum absolute atomic E-state index is 0.0436. The van der Waals surface area contributed by atoms with E-state index in [1.165, 1.54) is 17.7 Å². The average Bonchev–Trinajstić information content (AvgIpc) is 3.71. The van der Waals surface area contributed by atoms with E-state index in [0.29, 0.717) is 21.3 Å². The van der Waals surface area contributed by atoms with Crippen LogP contribution in [0.15, 0.2) is 85.7 Å². The number of fused-ring (bicyclic) bond motifs is 6. The summed E-state index contributed by atoms with van der Waals surface area (Å²) in [5, 5.41) is 5.97. The van der Waals surface area contributed by atoms with Crippen LogP contribution < -0.4 is 15.8 Å². The lowest BCUT2D eigenvalue weighted by molar-refractivity contribution is -0.122. The molecule has 9 nitrogen and oxygen atoms in total. The molecule has 2 aliphatic rings. The molecule has 2 unspecified atom stereocenters. The molecule has 3 heterocycles. The third-order valence-electron chi connectivity index (χ3n) is 8.34. The number of anilines is 1. The van der Waals surface area contributed by atoms with Crippen LogP contribution in [-0.2, 0) is 16.1 Å². The van der Waals surface area contributed by atoms with E-state index in [2.05, 4.69) is 25.3 Å². The second-order valence-corrected chi connectivity index (χ2v) is 12.8. The summed E-state index contributed by atoms with van der Waals surface area (Å²) in [7, 11) is 0. The maximum absolute atomic E-state index is 12.4. The number of carbonyl (C=O) groups excluding carboxylic acids is 3. The largest absolute Gasteiger partial charge is 0.318 e. The summed E-state index contributed by atoms with van der Waals surface area (Å²) in [6.07, 6.45) is 10.0. The number of Topliss-reactive ketones (excluding diaryl/α,β-unsaturated/α-hetero) is 2. The molecular formula is C36H27ClN6O3S. The first-order valence-electron chi connectivity index (χ1n) is 14.9. The second kappa shape index (κ2) is 12.5. The van der Waals surface area contributed by atoms with Gasteiger partial charge in [0.1, 0.15) is 24.2 Å². The molecule has 0 saturated carbocycles. The van der Waals surface area contributed by atoms with Crippen molar-refractivity contribution >= 4 is 68.9 Å². The zero-order valence-corrected chi connectivity index (χ0v) is 26.9. The fraction of sp³-hybridized carbons (Fsp3) is 0.139. The van der Waals surface area contributed by atoms with Crippen LogP contribution >= 0.6 is 22.9 Å². The molecule has 8 rings (SSSR count). The van der Waals surface area contributed by atoms with Crippen molar-refractivity contribution < 1.29 is 14.4 Å². The number of amides is 1. The Labute approximate surface area is 278 Å². The number of nitrogens with zero attached hydrogens (tertiary/aromatic N) is 5. The number of carbonyl (C=O) groups is 3. The third-order valence-corrected chi connectivity index (χ3v) is 9.62. The molecule has 11 heteroatoms. The molecule has 47 heavy (non-hydrogen) atoms. The van der Waals surface area contributed by atoms with Crippen LogP contribution in [0.4, 0.5) is 5.13 Å². The number of hydrogen-bond donors (Lipinski definition) is 1. The van der Waals surface area contributed by atoms with Gasteiger partial charge in [0.05, 0.1) is 17.4 Å². The number of rotatable bonds is 4.